The lowest BCUT2D eigenvalue weighted by molar-refractivity contribution is -0.146. The van der Waals surface area contributed by atoms with E-state index in [0.717, 1.165) is 19.1 Å². The highest BCUT2D eigenvalue weighted by atomic mass is 16.5. The molecule has 2 aliphatic heterocycles. The van der Waals surface area contributed by atoms with Gasteiger partial charge in [0.05, 0.1) is 11.2 Å². The molecule has 2 aliphatic carbocycles. The Balaban J connectivity index is 1.25. The van der Waals surface area contributed by atoms with Gasteiger partial charge in [-0.25, -0.2) is 0 Å². The summed E-state index contributed by atoms with van der Waals surface area (Å²) in [6, 6.07) is 0.698. The van der Waals surface area contributed by atoms with Crippen LogP contribution in [0.25, 0.3) is 0 Å². The van der Waals surface area contributed by atoms with Crippen LogP contribution in [0.2, 0.25) is 0 Å². The van der Waals surface area contributed by atoms with E-state index >= 15 is 0 Å². The molecule has 4 aliphatic rings. The Kier molecular flexibility index (Phi) is 3.56. The molecule has 20 heavy (non-hydrogen) atoms. The molecule has 3 heteroatoms. The summed E-state index contributed by atoms with van der Waals surface area (Å²) in [5.41, 5.74) is 0.580. The molecule has 0 aromatic carbocycles. The predicted octanol–water partition coefficient (Wildman–Crippen LogP) is 3.03. The molecular weight excluding hydrogens is 250 g/mol. The van der Waals surface area contributed by atoms with Crippen molar-refractivity contribution in [2.24, 2.45) is 5.92 Å². The van der Waals surface area contributed by atoms with Gasteiger partial charge in [-0.05, 0) is 76.7 Å². The van der Waals surface area contributed by atoms with Crippen molar-refractivity contribution < 1.29 is 9.47 Å². The number of ether oxygens (including phenoxy) is 2. The highest BCUT2D eigenvalue weighted by Gasteiger charge is 2.44. The van der Waals surface area contributed by atoms with Crippen LogP contribution in [0.15, 0.2) is 0 Å². The fourth-order valence-corrected chi connectivity index (χ4v) is 4.68. The molecule has 0 amide bonds. The van der Waals surface area contributed by atoms with Crippen LogP contribution in [0.4, 0.5) is 0 Å². The Morgan fingerprint density at radius 3 is 2.15 bits per heavy atom. The van der Waals surface area contributed by atoms with Gasteiger partial charge in [0.1, 0.15) is 0 Å². The number of rotatable bonds is 3. The third kappa shape index (κ3) is 2.53. The summed E-state index contributed by atoms with van der Waals surface area (Å²) in [4.78, 5) is 0. The van der Waals surface area contributed by atoms with Crippen molar-refractivity contribution in [1.29, 1.82) is 0 Å². The zero-order valence-corrected chi connectivity index (χ0v) is 12.7. The SMILES string of the molecule is C1CC2(C1)CC(CNC1CCOC3(CCC3)C1)CCO2. The van der Waals surface area contributed by atoms with E-state index in [1.54, 1.807) is 0 Å². The highest BCUT2D eigenvalue weighted by molar-refractivity contribution is 4.97. The predicted molar refractivity (Wildman–Crippen MR) is 78.8 cm³/mol. The van der Waals surface area contributed by atoms with Gasteiger partial charge in [-0.15, -0.1) is 0 Å². The van der Waals surface area contributed by atoms with Crippen LogP contribution in [0.5, 0.6) is 0 Å². The first-order chi connectivity index (χ1) is 9.78. The number of nitrogens with one attached hydrogen (secondary N) is 1. The monoisotopic (exact) mass is 279 g/mol. The van der Waals surface area contributed by atoms with Crippen LogP contribution < -0.4 is 5.32 Å². The van der Waals surface area contributed by atoms with E-state index in [4.69, 9.17) is 9.47 Å². The van der Waals surface area contributed by atoms with Gasteiger partial charge in [0.2, 0.25) is 0 Å². The maximum absolute atomic E-state index is 6.04. The molecule has 2 heterocycles. The lowest BCUT2D eigenvalue weighted by atomic mass is 9.71. The Labute approximate surface area is 122 Å². The van der Waals surface area contributed by atoms with E-state index < -0.39 is 0 Å². The van der Waals surface area contributed by atoms with Crippen molar-refractivity contribution in [3.8, 4) is 0 Å². The molecule has 0 aromatic heterocycles. The Morgan fingerprint density at radius 2 is 1.50 bits per heavy atom. The van der Waals surface area contributed by atoms with Gasteiger partial charge in [-0.1, -0.05) is 0 Å². The third-order valence-corrected chi connectivity index (χ3v) is 6.31. The Hall–Kier alpha value is -0.120. The van der Waals surface area contributed by atoms with Crippen molar-refractivity contribution in [2.75, 3.05) is 19.8 Å². The summed E-state index contributed by atoms with van der Waals surface area (Å²) < 4.78 is 12.1. The van der Waals surface area contributed by atoms with Crippen LogP contribution >= 0.6 is 0 Å². The maximum Gasteiger partial charge on any atom is 0.0697 e. The summed E-state index contributed by atoms with van der Waals surface area (Å²) in [5.74, 6) is 0.837. The minimum atomic E-state index is 0.279. The average Bonchev–Trinajstić information content (AvgIpc) is 2.42. The van der Waals surface area contributed by atoms with E-state index in [0.29, 0.717) is 11.6 Å². The Bertz CT molecular complexity index is 315. The molecule has 4 fully saturated rings. The molecule has 2 atom stereocenters. The van der Waals surface area contributed by atoms with Gasteiger partial charge in [0.25, 0.3) is 0 Å². The van der Waals surface area contributed by atoms with E-state index in [1.165, 1.54) is 70.8 Å². The van der Waals surface area contributed by atoms with E-state index in [2.05, 4.69) is 5.32 Å². The van der Waals surface area contributed by atoms with Gasteiger partial charge in [0.15, 0.2) is 0 Å². The zero-order valence-electron chi connectivity index (χ0n) is 12.7. The average molecular weight is 279 g/mol. The van der Waals surface area contributed by atoms with Crippen LogP contribution in [0, 0.1) is 5.92 Å². The summed E-state index contributed by atoms with van der Waals surface area (Å²) in [7, 11) is 0. The second-order valence-corrected chi connectivity index (χ2v) is 7.73. The highest BCUT2D eigenvalue weighted by Crippen LogP contribution is 2.44. The molecule has 3 nitrogen and oxygen atoms in total. The molecule has 114 valence electrons. The zero-order chi connectivity index (χ0) is 13.5. The largest absolute Gasteiger partial charge is 0.375 e. The molecule has 0 bridgehead atoms. The third-order valence-electron chi connectivity index (χ3n) is 6.31. The topological polar surface area (TPSA) is 30.5 Å². The maximum atomic E-state index is 6.04. The number of hydrogen-bond donors (Lipinski definition) is 1. The molecule has 2 saturated heterocycles. The summed E-state index contributed by atoms with van der Waals surface area (Å²) in [5, 5.41) is 3.87. The molecule has 0 aromatic rings. The van der Waals surface area contributed by atoms with Crippen molar-refractivity contribution in [1.82, 2.24) is 5.32 Å². The van der Waals surface area contributed by atoms with E-state index in [1.807, 2.05) is 0 Å². The van der Waals surface area contributed by atoms with Gasteiger partial charge in [-0.3, -0.25) is 0 Å². The van der Waals surface area contributed by atoms with Gasteiger partial charge in [-0.2, -0.15) is 0 Å². The quantitative estimate of drug-likeness (QED) is 0.861. The Morgan fingerprint density at radius 1 is 0.850 bits per heavy atom. The second-order valence-electron chi connectivity index (χ2n) is 7.73. The minimum Gasteiger partial charge on any atom is -0.375 e. The van der Waals surface area contributed by atoms with Gasteiger partial charge < -0.3 is 14.8 Å². The van der Waals surface area contributed by atoms with Crippen LogP contribution in [0.3, 0.4) is 0 Å². The van der Waals surface area contributed by atoms with E-state index in [-0.39, 0.29) is 5.60 Å². The first-order valence-electron chi connectivity index (χ1n) is 8.79. The molecule has 2 saturated carbocycles. The molecule has 4 rings (SSSR count). The second kappa shape index (κ2) is 5.26. The van der Waals surface area contributed by atoms with Crippen molar-refractivity contribution in [3.63, 3.8) is 0 Å². The molecule has 2 spiro atoms. The smallest absolute Gasteiger partial charge is 0.0697 e. The minimum absolute atomic E-state index is 0.279. The molecular formula is C17H29NO2. The standard InChI is InChI=1S/C17H29NO2/c1-5-16(6-1)11-14(3-9-19-16)13-18-15-4-10-20-17(12-15)7-2-8-17/h14-15,18H,1-13H2. The van der Waals surface area contributed by atoms with Crippen LogP contribution in [0.1, 0.15) is 64.2 Å². The first-order valence-corrected chi connectivity index (χ1v) is 8.79. The fourth-order valence-electron chi connectivity index (χ4n) is 4.68. The van der Waals surface area contributed by atoms with Gasteiger partial charge >= 0.3 is 0 Å². The van der Waals surface area contributed by atoms with Crippen molar-refractivity contribution in [3.05, 3.63) is 0 Å². The van der Waals surface area contributed by atoms with Crippen molar-refractivity contribution >= 4 is 0 Å². The summed E-state index contributed by atoms with van der Waals surface area (Å²) >= 11 is 0. The normalized spacial score (nSPS) is 38.4. The van der Waals surface area contributed by atoms with Crippen LogP contribution in [-0.4, -0.2) is 37.0 Å². The fraction of sp³-hybridized carbons (Fsp3) is 1.00. The first kappa shape index (κ1) is 13.5. The summed E-state index contributed by atoms with van der Waals surface area (Å²) in [6.45, 7) is 3.16. The lowest BCUT2D eigenvalue weighted by Crippen LogP contribution is -2.52. The molecule has 1 N–H and O–H groups in total. The van der Waals surface area contributed by atoms with Gasteiger partial charge in [0, 0.05) is 19.3 Å². The summed E-state index contributed by atoms with van der Waals surface area (Å²) in [6.07, 6.45) is 13.0. The van der Waals surface area contributed by atoms with Crippen molar-refractivity contribution in [2.45, 2.75) is 81.5 Å². The van der Waals surface area contributed by atoms with Crippen LogP contribution in [-0.2, 0) is 9.47 Å². The van der Waals surface area contributed by atoms with E-state index in [9.17, 15) is 0 Å². The molecule has 2 unspecified atom stereocenters. The molecule has 0 radical (unpaired) electrons. The lowest BCUT2D eigenvalue weighted by Gasteiger charge is -2.49. The number of hydrogen-bond acceptors (Lipinski definition) is 3.